The van der Waals surface area contributed by atoms with Crippen molar-refractivity contribution in [1.29, 1.82) is 0 Å². The summed E-state index contributed by atoms with van der Waals surface area (Å²) in [7, 11) is 0. The normalized spacial score (nSPS) is 21.9. The lowest BCUT2D eigenvalue weighted by Gasteiger charge is -2.29. The molecule has 0 aromatic heterocycles. The van der Waals surface area contributed by atoms with Crippen molar-refractivity contribution in [2.24, 2.45) is 0 Å². The third-order valence-electron chi connectivity index (χ3n) is 4.98. The molecule has 1 aromatic rings. The molecule has 0 saturated carbocycles. The van der Waals surface area contributed by atoms with Crippen molar-refractivity contribution < 1.29 is 24.9 Å². The molecule has 0 spiro atoms. The average Bonchev–Trinajstić information content (AvgIpc) is 2.86. The maximum Gasteiger partial charge on any atom is 0.290 e. The Morgan fingerprint density at radius 3 is 2.56 bits per heavy atom. The highest BCUT2D eigenvalue weighted by Crippen LogP contribution is 2.37. The molecule has 0 bridgehead atoms. The Kier molecular flexibility index (Phi) is 5.56. The molecule has 1 atom stereocenters. The lowest BCUT2D eigenvalue weighted by molar-refractivity contribution is -0.946. The maximum absolute atomic E-state index is 12.6. The molecule has 25 heavy (non-hydrogen) atoms. The van der Waals surface area contributed by atoms with Crippen LogP contribution in [0.4, 0.5) is 0 Å². The minimum atomic E-state index is -0.506. The zero-order valence-electron chi connectivity index (χ0n) is 14.3. The summed E-state index contributed by atoms with van der Waals surface area (Å²) in [6.45, 7) is 7.10. The highest BCUT2D eigenvalue weighted by molar-refractivity contribution is 9.10. The number of amides is 1. The third-order valence-corrected chi connectivity index (χ3v) is 5.51. The molecular weight excluding hydrogens is 386 g/mol. The van der Waals surface area contributed by atoms with Gasteiger partial charge in [0.05, 0.1) is 24.7 Å². The number of halogens is 1. The number of nitrogens with two attached hydrogens (primary N) is 1. The van der Waals surface area contributed by atoms with E-state index in [1.165, 1.54) is 11.8 Å². The van der Waals surface area contributed by atoms with Gasteiger partial charge >= 0.3 is 0 Å². The van der Waals surface area contributed by atoms with Gasteiger partial charge in [0.15, 0.2) is 11.5 Å². The maximum atomic E-state index is 12.6. The van der Waals surface area contributed by atoms with Crippen LogP contribution in [-0.4, -0.2) is 61.0 Å². The molecule has 2 aliphatic heterocycles. The molecule has 1 aromatic carbocycles. The number of benzene rings is 1. The zero-order valence-corrected chi connectivity index (χ0v) is 15.9. The fourth-order valence-corrected chi connectivity index (χ4v) is 3.91. The summed E-state index contributed by atoms with van der Waals surface area (Å²) in [5.74, 6) is -1.11. The van der Waals surface area contributed by atoms with Crippen LogP contribution in [0.1, 0.15) is 18.5 Å². The molecule has 1 fully saturated rings. The van der Waals surface area contributed by atoms with Gasteiger partial charge in [-0.3, -0.25) is 9.59 Å². The van der Waals surface area contributed by atoms with Crippen molar-refractivity contribution in [3.05, 3.63) is 45.6 Å². The number of aliphatic hydroxyl groups is 1. The van der Waals surface area contributed by atoms with Crippen LogP contribution in [0.5, 0.6) is 0 Å². The highest BCUT2D eigenvalue weighted by atomic mass is 79.9. The van der Waals surface area contributed by atoms with Gasteiger partial charge in [0.1, 0.15) is 26.2 Å². The number of hydrogen-bond donors (Lipinski definition) is 3. The summed E-state index contributed by atoms with van der Waals surface area (Å²) < 4.78 is 0.929. The fourth-order valence-electron chi connectivity index (χ4n) is 3.65. The molecule has 0 unspecified atom stereocenters. The van der Waals surface area contributed by atoms with E-state index in [2.05, 4.69) is 21.2 Å². The Balaban J connectivity index is 1.85. The number of carbonyl (C=O) groups excluding carboxylic acids is 2. The quantitative estimate of drug-likeness (QED) is 0.595. The Morgan fingerprint density at radius 2 is 1.96 bits per heavy atom. The van der Waals surface area contributed by atoms with Crippen molar-refractivity contribution in [3.8, 4) is 0 Å². The zero-order chi connectivity index (χ0) is 18.0. The van der Waals surface area contributed by atoms with Crippen molar-refractivity contribution in [2.75, 3.05) is 39.3 Å². The number of hydrogen-bond acceptors (Lipinski definition) is 3. The van der Waals surface area contributed by atoms with E-state index < -0.39 is 17.7 Å². The van der Waals surface area contributed by atoms with Crippen LogP contribution in [0.15, 0.2) is 40.1 Å². The molecule has 134 valence electrons. The van der Waals surface area contributed by atoms with Gasteiger partial charge in [0, 0.05) is 4.47 Å². The van der Waals surface area contributed by atoms with Crippen molar-refractivity contribution in [3.63, 3.8) is 0 Å². The second kappa shape index (κ2) is 7.68. The minimum Gasteiger partial charge on any atom is -0.503 e. The topological polar surface area (TPSA) is 78.7 Å². The van der Waals surface area contributed by atoms with E-state index >= 15 is 0 Å². The van der Waals surface area contributed by atoms with Crippen LogP contribution in [0.3, 0.4) is 0 Å². The predicted octanol–water partition coefficient (Wildman–Crippen LogP) is -0.805. The number of piperazine rings is 1. The van der Waals surface area contributed by atoms with Gasteiger partial charge in [0.25, 0.3) is 5.91 Å². The average molecular weight is 410 g/mol. The second-order valence-electron chi connectivity index (χ2n) is 6.64. The number of quaternary nitrogens is 2. The molecule has 1 amide bonds. The predicted molar refractivity (Wildman–Crippen MR) is 96.2 cm³/mol. The van der Waals surface area contributed by atoms with E-state index in [1.807, 2.05) is 24.3 Å². The fraction of sp³-hybridized carbons (Fsp3) is 0.444. The number of nitrogens with zero attached hydrogens (tertiary/aromatic N) is 1. The molecule has 4 N–H and O–H groups in total. The number of rotatable bonds is 5. The van der Waals surface area contributed by atoms with Crippen molar-refractivity contribution in [1.82, 2.24) is 4.90 Å². The van der Waals surface area contributed by atoms with Crippen LogP contribution in [0.25, 0.3) is 0 Å². The van der Waals surface area contributed by atoms with Gasteiger partial charge in [0.2, 0.25) is 0 Å². The van der Waals surface area contributed by atoms with E-state index in [1.54, 1.807) is 4.90 Å². The van der Waals surface area contributed by atoms with Gasteiger partial charge in [-0.1, -0.05) is 28.1 Å². The standard InChI is InChI=1S/C18H22BrN3O3/c1-12(23)15-16(13-2-4-14(19)5-3-13)22(18(25)17(15)24)11-10-21-8-6-20-7-9-21/h2-5,16,20,24H,6-11H2,1H3/p+2/t16-/m1/s1. The first kappa shape index (κ1) is 18.1. The Bertz CT molecular complexity index is 696. The summed E-state index contributed by atoms with van der Waals surface area (Å²) in [5, 5.41) is 12.6. The molecular formula is C18H24BrN3O3+2. The van der Waals surface area contributed by atoms with Gasteiger partial charge < -0.3 is 20.2 Å². The highest BCUT2D eigenvalue weighted by Gasteiger charge is 2.42. The van der Waals surface area contributed by atoms with Crippen LogP contribution in [0.2, 0.25) is 0 Å². The number of carbonyl (C=O) groups is 2. The third kappa shape index (κ3) is 3.78. The first-order valence-electron chi connectivity index (χ1n) is 8.64. The molecule has 2 aliphatic rings. The second-order valence-corrected chi connectivity index (χ2v) is 7.55. The van der Waals surface area contributed by atoms with Gasteiger partial charge in [-0.05, 0) is 24.6 Å². The molecule has 6 nitrogen and oxygen atoms in total. The van der Waals surface area contributed by atoms with E-state index in [4.69, 9.17) is 0 Å². The number of nitrogens with one attached hydrogen (secondary N) is 1. The number of ketones is 1. The SMILES string of the molecule is CC(=O)C1=C(O)C(=O)N(CC[NH+]2CC[NH2+]CC2)[C@@H]1c1ccc(Br)cc1. The van der Waals surface area contributed by atoms with E-state index in [0.29, 0.717) is 6.54 Å². The lowest BCUT2D eigenvalue weighted by Crippen LogP contribution is -3.20. The molecule has 3 rings (SSSR count). The summed E-state index contributed by atoms with van der Waals surface area (Å²) in [4.78, 5) is 27.8. The smallest absolute Gasteiger partial charge is 0.290 e. The first-order chi connectivity index (χ1) is 12.0. The van der Waals surface area contributed by atoms with E-state index in [9.17, 15) is 14.7 Å². The number of Topliss-reactive ketones (excluding diaryl/α,β-unsaturated/α-hetero) is 1. The van der Waals surface area contributed by atoms with E-state index in [-0.39, 0.29) is 11.4 Å². The van der Waals surface area contributed by atoms with Crippen LogP contribution in [0, 0.1) is 0 Å². The summed E-state index contributed by atoms with van der Waals surface area (Å²) in [6.07, 6.45) is 0. The molecule has 0 aliphatic carbocycles. The van der Waals surface area contributed by atoms with Gasteiger partial charge in [-0.2, -0.15) is 0 Å². The first-order valence-corrected chi connectivity index (χ1v) is 9.44. The van der Waals surface area contributed by atoms with Crippen molar-refractivity contribution >= 4 is 27.6 Å². The molecule has 0 radical (unpaired) electrons. The molecule has 1 saturated heterocycles. The summed E-state index contributed by atoms with van der Waals surface area (Å²) >= 11 is 3.40. The summed E-state index contributed by atoms with van der Waals surface area (Å²) in [6, 6.07) is 7.04. The lowest BCUT2D eigenvalue weighted by atomic mass is 9.97. The molecule has 7 heteroatoms. The Morgan fingerprint density at radius 1 is 1.32 bits per heavy atom. The van der Waals surface area contributed by atoms with Crippen LogP contribution < -0.4 is 10.2 Å². The Labute approximate surface area is 155 Å². The molecule has 2 heterocycles. The number of aliphatic hydroxyl groups excluding tert-OH is 1. The van der Waals surface area contributed by atoms with Crippen LogP contribution in [-0.2, 0) is 9.59 Å². The largest absolute Gasteiger partial charge is 0.503 e. The van der Waals surface area contributed by atoms with Crippen molar-refractivity contribution in [2.45, 2.75) is 13.0 Å². The summed E-state index contributed by atoms with van der Waals surface area (Å²) in [5.41, 5.74) is 1.04. The van der Waals surface area contributed by atoms with Gasteiger partial charge in [-0.15, -0.1) is 0 Å². The van der Waals surface area contributed by atoms with Crippen LogP contribution >= 0.6 is 15.9 Å². The Hall–Kier alpha value is -1.70. The van der Waals surface area contributed by atoms with E-state index in [0.717, 1.165) is 42.8 Å². The van der Waals surface area contributed by atoms with Gasteiger partial charge in [-0.25, -0.2) is 0 Å². The minimum absolute atomic E-state index is 0.203. The monoisotopic (exact) mass is 409 g/mol.